The highest BCUT2D eigenvalue weighted by Crippen LogP contribution is 2.01. The second kappa shape index (κ2) is 3.04. The van der Waals surface area contributed by atoms with Crippen LogP contribution < -0.4 is 5.32 Å². The van der Waals surface area contributed by atoms with Crippen molar-refractivity contribution in [3.63, 3.8) is 0 Å². The van der Waals surface area contributed by atoms with E-state index in [0.29, 0.717) is 0 Å². The van der Waals surface area contributed by atoms with Crippen LogP contribution in [0.3, 0.4) is 0 Å². The Balaban J connectivity index is 3.81. The van der Waals surface area contributed by atoms with E-state index in [1.165, 1.54) is 0 Å². The van der Waals surface area contributed by atoms with Gasteiger partial charge in [-0.05, 0) is 27.7 Å². The second-order valence-corrected chi connectivity index (χ2v) is 3.64. The molecule has 0 rings (SSSR count). The Kier molecular flexibility index (Phi) is 2.88. The number of rotatable bonds is 1. The molecule has 0 aromatic heterocycles. The summed E-state index contributed by atoms with van der Waals surface area (Å²) >= 11 is 0. The first-order valence-electron chi connectivity index (χ1n) is 3.48. The zero-order chi connectivity index (χ0) is 8.36. The highest BCUT2D eigenvalue weighted by Gasteiger charge is 2.15. The summed E-state index contributed by atoms with van der Waals surface area (Å²) in [6.45, 7) is 11.2. The van der Waals surface area contributed by atoms with E-state index in [4.69, 9.17) is 0 Å². The molecule has 0 saturated heterocycles. The zero-order valence-electron chi connectivity index (χ0n) is 7.19. The first-order valence-corrected chi connectivity index (χ1v) is 3.48. The van der Waals surface area contributed by atoms with Crippen LogP contribution in [0.4, 0.5) is 0 Å². The van der Waals surface area contributed by atoms with Crippen molar-refractivity contribution in [1.29, 1.82) is 0 Å². The topological polar surface area (TPSA) is 29.1 Å². The maximum absolute atomic E-state index is 11.0. The third-order valence-electron chi connectivity index (χ3n) is 0.946. The second-order valence-electron chi connectivity index (χ2n) is 3.64. The number of nitrogens with one attached hydrogen (secondary N) is 1. The number of hydrogen-bond acceptors (Lipinski definition) is 1. The summed E-state index contributed by atoms with van der Waals surface area (Å²) in [4.78, 5) is 11.0. The van der Waals surface area contributed by atoms with E-state index in [-0.39, 0.29) is 17.4 Å². The van der Waals surface area contributed by atoms with Gasteiger partial charge < -0.3 is 5.32 Å². The predicted molar refractivity (Wildman–Crippen MR) is 42.4 cm³/mol. The largest absolute Gasteiger partial charge is 0.351 e. The van der Waals surface area contributed by atoms with Crippen LogP contribution in [0, 0.1) is 12.8 Å². The summed E-state index contributed by atoms with van der Waals surface area (Å²) in [5.41, 5.74) is -0.136. The molecule has 0 heterocycles. The lowest BCUT2D eigenvalue weighted by atomic mass is 10.1. The fraction of sp³-hybridized carbons (Fsp3) is 0.750. The van der Waals surface area contributed by atoms with Gasteiger partial charge in [0.1, 0.15) is 0 Å². The third-order valence-corrected chi connectivity index (χ3v) is 0.946. The van der Waals surface area contributed by atoms with Crippen molar-refractivity contribution in [2.45, 2.75) is 33.2 Å². The van der Waals surface area contributed by atoms with Gasteiger partial charge in [0.05, 0.1) is 0 Å². The molecule has 0 aromatic carbocycles. The molecule has 0 aliphatic rings. The number of amides is 1. The minimum Gasteiger partial charge on any atom is -0.351 e. The summed E-state index contributed by atoms with van der Waals surface area (Å²) in [5.74, 6) is -0.160. The van der Waals surface area contributed by atoms with Gasteiger partial charge in [-0.25, -0.2) is 0 Å². The molecule has 0 bridgehead atoms. The first kappa shape index (κ1) is 9.47. The van der Waals surface area contributed by atoms with Gasteiger partial charge in [-0.1, -0.05) is 6.92 Å². The lowest BCUT2D eigenvalue weighted by Gasteiger charge is -2.21. The Morgan fingerprint density at radius 2 is 1.90 bits per heavy atom. The molecule has 0 fully saturated rings. The summed E-state index contributed by atoms with van der Waals surface area (Å²) in [7, 11) is 0. The number of carbonyl (C=O) groups excluding carboxylic acids is 1. The van der Waals surface area contributed by atoms with E-state index in [9.17, 15) is 4.79 Å². The molecule has 0 spiro atoms. The van der Waals surface area contributed by atoms with Crippen LogP contribution in [0.25, 0.3) is 0 Å². The lowest BCUT2D eigenvalue weighted by molar-refractivity contribution is -0.124. The molecular formula is C8H16NO. The standard InChI is InChI=1S/C8H16NO/c1-6(2)7(10)9-8(3,4)5/h6H,1H2,2-5H3,(H,9,10). The molecule has 0 aliphatic heterocycles. The van der Waals surface area contributed by atoms with Crippen molar-refractivity contribution in [1.82, 2.24) is 5.32 Å². The molecule has 10 heavy (non-hydrogen) atoms. The molecule has 1 unspecified atom stereocenters. The molecule has 2 nitrogen and oxygen atoms in total. The summed E-state index contributed by atoms with van der Waals surface area (Å²) < 4.78 is 0. The minimum absolute atomic E-state index is 0.00694. The van der Waals surface area contributed by atoms with Gasteiger partial charge >= 0.3 is 0 Å². The predicted octanol–water partition coefficient (Wildman–Crippen LogP) is 1.37. The van der Waals surface area contributed by atoms with Gasteiger partial charge in [0.2, 0.25) is 5.91 Å². The highest BCUT2D eigenvalue weighted by molar-refractivity contribution is 5.79. The molecule has 1 N–H and O–H groups in total. The van der Waals surface area contributed by atoms with Crippen LogP contribution in [0.15, 0.2) is 0 Å². The Hall–Kier alpha value is -0.530. The van der Waals surface area contributed by atoms with Crippen LogP contribution >= 0.6 is 0 Å². The molecular weight excluding hydrogens is 126 g/mol. The van der Waals surface area contributed by atoms with Crippen molar-refractivity contribution < 1.29 is 4.79 Å². The Morgan fingerprint density at radius 3 is 2.00 bits per heavy atom. The maximum Gasteiger partial charge on any atom is 0.223 e. The van der Waals surface area contributed by atoms with Crippen LogP contribution in [0.2, 0.25) is 0 Å². The molecule has 0 aromatic rings. The Labute approximate surface area is 63.0 Å². The van der Waals surface area contributed by atoms with Gasteiger partial charge in [0.15, 0.2) is 0 Å². The Morgan fingerprint density at radius 1 is 1.50 bits per heavy atom. The van der Waals surface area contributed by atoms with Gasteiger partial charge in [-0.2, -0.15) is 0 Å². The molecule has 59 valence electrons. The summed E-state index contributed by atoms with van der Waals surface area (Å²) in [6.07, 6.45) is 0. The molecule has 2 heteroatoms. The SMILES string of the molecule is [CH2]C(C)C(=O)NC(C)(C)C. The molecule has 1 radical (unpaired) electrons. The molecule has 1 amide bonds. The Bertz CT molecular complexity index is 122. The zero-order valence-corrected chi connectivity index (χ0v) is 7.19. The van der Waals surface area contributed by atoms with E-state index in [0.717, 1.165) is 0 Å². The van der Waals surface area contributed by atoms with Crippen LogP contribution in [0.5, 0.6) is 0 Å². The van der Waals surface area contributed by atoms with Crippen LogP contribution in [-0.4, -0.2) is 11.4 Å². The number of carbonyl (C=O) groups is 1. The van der Waals surface area contributed by atoms with E-state index < -0.39 is 0 Å². The lowest BCUT2D eigenvalue weighted by Crippen LogP contribution is -2.42. The first-order chi connectivity index (χ1) is 4.33. The summed E-state index contributed by atoms with van der Waals surface area (Å²) in [5, 5.41) is 2.82. The molecule has 0 aliphatic carbocycles. The van der Waals surface area contributed by atoms with Crippen LogP contribution in [0.1, 0.15) is 27.7 Å². The van der Waals surface area contributed by atoms with Crippen molar-refractivity contribution in [2.75, 3.05) is 0 Å². The minimum atomic E-state index is -0.167. The summed E-state index contributed by atoms with van der Waals surface area (Å²) in [6, 6.07) is 0. The van der Waals surface area contributed by atoms with Gasteiger partial charge in [-0.3, -0.25) is 4.79 Å². The smallest absolute Gasteiger partial charge is 0.223 e. The van der Waals surface area contributed by atoms with E-state index in [2.05, 4.69) is 12.2 Å². The van der Waals surface area contributed by atoms with Gasteiger partial charge in [-0.15, -0.1) is 0 Å². The van der Waals surface area contributed by atoms with Crippen molar-refractivity contribution in [3.05, 3.63) is 6.92 Å². The maximum atomic E-state index is 11.0. The molecule has 1 atom stereocenters. The average molecular weight is 142 g/mol. The van der Waals surface area contributed by atoms with Crippen molar-refractivity contribution in [3.8, 4) is 0 Å². The fourth-order valence-electron chi connectivity index (χ4n) is 0.493. The normalized spacial score (nSPS) is 11.8. The van der Waals surface area contributed by atoms with Gasteiger partial charge in [0, 0.05) is 11.5 Å². The molecule has 0 saturated carbocycles. The quantitative estimate of drug-likeness (QED) is 0.588. The van der Waals surface area contributed by atoms with Gasteiger partial charge in [0.25, 0.3) is 0 Å². The monoisotopic (exact) mass is 142 g/mol. The van der Waals surface area contributed by atoms with Crippen molar-refractivity contribution >= 4 is 5.91 Å². The van der Waals surface area contributed by atoms with Crippen molar-refractivity contribution in [2.24, 2.45) is 5.92 Å². The fourth-order valence-corrected chi connectivity index (χ4v) is 0.493. The number of hydrogen-bond donors (Lipinski definition) is 1. The van der Waals surface area contributed by atoms with E-state index >= 15 is 0 Å². The van der Waals surface area contributed by atoms with Crippen LogP contribution in [-0.2, 0) is 4.79 Å². The average Bonchev–Trinajstić information content (AvgIpc) is 1.60. The van der Waals surface area contributed by atoms with E-state index in [1.807, 2.05) is 20.8 Å². The van der Waals surface area contributed by atoms with E-state index in [1.54, 1.807) is 6.92 Å². The third kappa shape index (κ3) is 4.36. The highest BCUT2D eigenvalue weighted by atomic mass is 16.1.